The van der Waals surface area contributed by atoms with Crippen molar-refractivity contribution in [3.8, 4) is 5.75 Å². The molecule has 3 rings (SSSR count). The van der Waals surface area contributed by atoms with Crippen molar-refractivity contribution in [2.45, 2.75) is 12.3 Å². The topological polar surface area (TPSA) is 70.7 Å². The number of rotatable bonds is 4. The smallest absolute Gasteiger partial charge is 0.416 e. The molecule has 6 nitrogen and oxygen atoms in total. The number of likely N-dealkylation sites (N-methyl/N-ethyl adjacent to an activating group) is 1. The zero-order valence-corrected chi connectivity index (χ0v) is 14.9. The van der Waals surface area contributed by atoms with Crippen LogP contribution in [0, 0.1) is 0 Å². The van der Waals surface area contributed by atoms with E-state index in [0.29, 0.717) is 11.4 Å². The van der Waals surface area contributed by atoms with Gasteiger partial charge in [-0.1, -0.05) is 12.1 Å². The first-order valence-electron chi connectivity index (χ1n) is 8.47. The van der Waals surface area contributed by atoms with Gasteiger partial charge in [-0.3, -0.25) is 9.59 Å². The van der Waals surface area contributed by atoms with Gasteiger partial charge in [0.1, 0.15) is 5.75 Å². The van der Waals surface area contributed by atoms with E-state index in [9.17, 15) is 22.8 Å². The monoisotopic (exact) mass is 393 g/mol. The molecule has 1 aliphatic heterocycles. The van der Waals surface area contributed by atoms with E-state index in [1.807, 2.05) is 0 Å². The minimum absolute atomic E-state index is 0.0884. The molecule has 0 radical (unpaired) electrons. The van der Waals surface area contributed by atoms with Crippen LogP contribution in [-0.2, 0) is 15.8 Å². The molecule has 0 spiro atoms. The fraction of sp³-hybridized carbons (Fsp3) is 0.263. The summed E-state index contributed by atoms with van der Waals surface area (Å²) < 4.78 is 43.5. The number of hydrogen-bond donors (Lipinski definition) is 2. The highest BCUT2D eigenvalue weighted by Crippen LogP contribution is 2.33. The minimum atomic E-state index is -4.44. The number of carbonyl (C=O) groups is 2. The van der Waals surface area contributed by atoms with Crippen molar-refractivity contribution in [1.29, 1.82) is 0 Å². The molecule has 1 atom stereocenters. The van der Waals surface area contributed by atoms with Gasteiger partial charge in [-0.2, -0.15) is 13.2 Å². The number of fused-ring (bicyclic) bond motifs is 1. The van der Waals surface area contributed by atoms with Gasteiger partial charge in [-0.15, -0.1) is 0 Å². The first kappa shape index (κ1) is 19.5. The van der Waals surface area contributed by atoms with E-state index in [1.54, 1.807) is 29.2 Å². The average Bonchev–Trinajstić information content (AvgIpc) is 2.67. The highest BCUT2D eigenvalue weighted by atomic mass is 19.4. The second-order valence-electron chi connectivity index (χ2n) is 6.19. The molecule has 0 bridgehead atoms. The summed E-state index contributed by atoms with van der Waals surface area (Å²) in [4.78, 5) is 26.1. The summed E-state index contributed by atoms with van der Waals surface area (Å²) >= 11 is 0. The summed E-state index contributed by atoms with van der Waals surface area (Å²) in [5.41, 5.74) is 0.119. The molecule has 0 saturated carbocycles. The Hall–Kier alpha value is -3.23. The van der Waals surface area contributed by atoms with E-state index < -0.39 is 23.8 Å². The molecule has 2 amide bonds. The molecule has 2 aromatic carbocycles. The van der Waals surface area contributed by atoms with Crippen LogP contribution >= 0.6 is 0 Å². The first-order valence-corrected chi connectivity index (χ1v) is 8.47. The van der Waals surface area contributed by atoms with Crippen molar-refractivity contribution < 1.29 is 27.5 Å². The maximum atomic E-state index is 12.6. The Morgan fingerprint density at radius 2 is 1.82 bits per heavy atom. The van der Waals surface area contributed by atoms with E-state index in [4.69, 9.17) is 4.74 Å². The lowest BCUT2D eigenvalue weighted by atomic mass is 10.1. The van der Waals surface area contributed by atoms with Crippen molar-refractivity contribution in [2.75, 3.05) is 30.4 Å². The standard InChI is InChI=1S/C19H18F3N3O3/c1-23-18(27)16-10-25(14-4-2-3-5-15(14)28-16)11-17(26)24-13-8-6-12(7-9-13)19(20,21)22/h2-9,16H,10-11H2,1H3,(H,23,27)(H,24,26)/t16-/m1/s1. The number of nitrogens with one attached hydrogen (secondary N) is 2. The van der Waals surface area contributed by atoms with Crippen molar-refractivity contribution in [3.05, 3.63) is 54.1 Å². The molecule has 9 heteroatoms. The Morgan fingerprint density at radius 1 is 1.14 bits per heavy atom. The molecule has 1 heterocycles. The van der Waals surface area contributed by atoms with Gasteiger partial charge in [0.15, 0.2) is 6.10 Å². The molecular formula is C19H18F3N3O3. The largest absolute Gasteiger partial charge is 0.477 e. The van der Waals surface area contributed by atoms with E-state index >= 15 is 0 Å². The van der Waals surface area contributed by atoms with Crippen molar-refractivity contribution in [1.82, 2.24) is 5.32 Å². The summed E-state index contributed by atoms with van der Waals surface area (Å²) in [6.45, 7) is 0.0754. The Kier molecular flexibility index (Phi) is 5.43. The Bertz CT molecular complexity index is 869. The minimum Gasteiger partial charge on any atom is -0.477 e. The maximum Gasteiger partial charge on any atom is 0.416 e. The Labute approximate surface area is 159 Å². The molecule has 0 saturated heterocycles. The number of anilines is 2. The molecule has 0 aliphatic carbocycles. The normalized spacial score (nSPS) is 16.0. The van der Waals surface area contributed by atoms with Gasteiger partial charge >= 0.3 is 6.18 Å². The van der Waals surface area contributed by atoms with Gasteiger partial charge in [0, 0.05) is 12.7 Å². The molecule has 0 fully saturated rings. The van der Waals surface area contributed by atoms with Crippen molar-refractivity contribution in [2.24, 2.45) is 0 Å². The zero-order valence-electron chi connectivity index (χ0n) is 14.9. The highest BCUT2D eigenvalue weighted by Gasteiger charge is 2.31. The van der Waals surface area contributed by atoms with Crippen LogP contribution in [0.2, 0.25) is 0 Å². The summed E-state index contributed by atoms with van der Waals surface area (Å²) in [6.07, 6.45) is -5.21. The summed E-state index contributed by atoms with van der Waals surface area (Å²) in [6, 6.07) is 11.2. The van der Waals surface area contributed by atoms with Crippen LogP contribution < -0.4 is 20.3 Å². The number of hydrogen-bond acceptors (Lipinski definition) is 4. The van der Waals surface area contributed by atoms with Crippen LogP contribution in [0.4, 0.5) is 24.5 Å². The van der Waals surface area contributed by atoms with Gasteiger partial charge in [-0.05, 0) is 36.4 Å². The summed E-state index contributed by atoms with van der Waals surface area (Å²) in [5.74, 6) is -0.264. The second-order valence-corrected chi connectivity index (χ2v) is 6.19. The molecule has 0 unspecified atom stereocenters. The van der Waals surface area contributed by atoms with Gasteiger partial charge in [0.2, 0.25) is 5.91 Å². The number of carbonyl (C=O) groups excluding carboxylic acids is 2. The van der Waals surface area contributed by atoms with Crippen LogP contribution in [0.3, 0.4) is 0 Å². The quantitative estimate of drug-likeness (QED) is 0.838. The van der Waals surface area contributed by atoms with Crippen molar-refractivity contribution in [3.63, 3.8) is 0 Å². The van der Waals surface area contributed by atoms with Crippen LogP contribution in [0.25, 0.3) is 0 Å². The van der Waals surface area contributed by atoms with Crippen LogP contribution in [0.1, 0.15) is 5.56 Å². The maximum absolute atomic E-state index is 12.6. The third-order valence-corrected chi connectivity index (χ3v) is 4.23. The first-order chi connectivity index (χ1) is 13.3. The fourth-order valence-corrected chi connectivity index (χ4v) is 2.87. The second kappa shape index (κ2) is 7.79. The molecule has 28 heavy (non-hydrogen) atoms. The Balaban J connectivity index is 1.71. The summed E-state index contributed by atoms with van der Waals surface area (Å²) in [5, 5.41) is 5.08. The fourth-order valence-electron chi connectivity index (χ4n) is 2.87. The molecule has 148 valence electrons. The van der Waals surface area contributed by atoms with E-state index in [1.165, 1.54) is 19.2 Å². The number of nitrogens with zero attached hydrogens (tertiary/aromatic N) is 1. The zero-order chi connectivity index (χ0) is 20.3. The van der Waals surface area contributed by atoms with Crippen molar-refractivity contribution >= 4 is 23.2 Å². The number of halogens is 3. The van der Waals surface area contributed by atoms with Gasteiger partial charge in [0.25, 0.3) is 5.91 Å². The number of alkyl halides is 3. The third kappa shape index (κ3) is 4.36. The van der Waals surface area contributed by atoms with Crippen LogP contribution in [0.15, 0.2) is 48.5 Å². The van der Waals surface area contributed by atoms with Gasteiger partial charge < -0.3 is 20.3 Å². The average molecular weight is 393 g/mol. The molecule has 1 aliphatic rings. The number of ether oxygens (including phenoxy) is 1. The molecular weight excluding hydrogens is 375 g/mol. The van der Waals surface area contributed by atoms with E-state index in [-0.39, 0.29) is 24.7 Å². The van der Waals surface area contributed by atoms with Crippen LogP contribution in [-0.4, -0.2) is 38.1 Å². The lowest BCUT2D eigenvalue weighted by molar-refractivity contribution is -0.137. The number of amides is 2. The molecule has 2 aromatic rings. The van der Waals surface area contributed by atoms with Gasteiger partial charge in [0.05, 0.1) is 24.3 Å². The lowest BCUT2D eigenvalue weighted by Gasteiger charge is -2.35. The van der Waals surface area contributed by atoms with Crippen LogP contribution in [0.5, 0.6) is 5.75 Å². The number of benzene rings is 2. The third-order valence-electron chi connectivity index (χ3n) is 4.23. The molecule has 0 aromatic heterocycles. The predicted molar refractivity (Wildman–Crippen MR) is 97.2 cm³/mol. The van der Waals surface area contributed by atoms with E-state index in [0.717, 1.165) is 12.1 Å². The Morgan fingerprint density at radius 3 is 2.46 bits per heavy atom. The number of para-hydroxylation sites is 2. The summed E-state index contributed by atoms with van der Waals surface area (Å²) in [7, 11) is 1.49. The predicted octanol–water partition coefficient (Wildman–Crippen LogP) is 2.66. The lowest BCUT2D eigenvalue weighted by Crippen LogP contribution is -2.50. The SMILES string of the molecule is CNC(=O)[C@H]1CN(CC(=O)Nc2ccc(C(F)(F)F)cc2)c2ccccc2O1. The molecule has 2 N–H and O–H groups in total. The van der Waals surface area contributed by atoms with E-state index in [2.05, 4.69) is 10.6 Å². The van der Waals surface area contributed by atoms with Gasteiger partial charge in [-0.25, -0.2) is 0 Å². The highest BCUT2D eigenvalue weighted by molar-refractivity contribution is 5.95.